The highest BCUT2D eigenvalue weighted by Gasteiger charge is 2.17. The van der Waals surface area contributed by atoms with Crippen molar-refractivity contribution < 1.29 is 17.9 Å². The minimum absolute atomic E-state index is 0.00966. The third-order valence-electron chi connectivity index (χ3n) is 2.81. The minimum Gasteiger partial charge on any atom is -0.383 e. The first-order valence-corrected chi connectivity index (χ1v) is 9.03. The fourth-order valence-electron chi connectivity index (χ4n) is 1.67. The van der Waals surface area contributed by atoms with Crippen LogP contribution in [0.15, 0.2) is 18.2 Å². The zero-order valence-corrected chi connectivity index (χ0v) is 14.6. The summed E-state index contributed by atoms with van der Waals surface area (Å²) in [6, 6.07) is 4.70. The summed E-state index contributed by atoms with van der Waals surface area (Å²) >= 11 is 11.7. The maximum Gasteiger partial charge on any atom is 0.225 e. The van der Waals surface area contributed by atoms with Crippen molar-refractivity contribution in [3.8, 4) is 0 Å². The number of nitrogens with zero attached hydrogens (tertiary/aromatic N) is 1. The second-order valence-corrected chi connectivity index (χ2v) is 7.40. The maximum atomic E-state index is 11.9. The second kappa shape index (κ2) is 8.69. The Morgan fingerprint density at radius 1 is 1.32 bits per heavy atom. The molecule has 0 fully saturated rings. The number of hydrogen-bond donors (Lipinski definition) is 1. The van der Waals surface area contributed by atoms with Crippen molar-refractivity contribution in [2.45, 2.75) is 6.42 Å². The molecule has 0 atom stereocenters. The van der Waals surface area contributed by atoms with Gasteiger partial charge in [-0.2, -0.15) is 4.31 Å². The van der Waals surface area contributed by atoms with E-state index in [2.05, 4.69) is 5.32 Å². The van der Waals surface area contributed by atoms with E-state index in [1.54, 1.807) is 12.1 Å². The summed E-state index contributed by atoms with van der Waals surface area (Å²) in [5, 5.41) is 3.40. The van der Waals surface area contributed by atoms with Crippen molar-refractivity contribution in [3.63, 3.8) is 0 Å². The van der Waals surface area contributed by atoms with Crippen molar-refractivity contribution in [2.24, 2.45) is 0 Å². The lowest BCUT2D eigenvalue weighted by atomic mass is 10.3. The van der Waals surface area contributed by atoms with Crippen LogP contribution in [0.4, 0.5) is 5.69 Å². The molecule has 0 aliphatic carbocycles. The molecule has 0 aliphatic rings. The first kappa shape index (κ1) is 19.2. The monoisotopic (exact) mass is 368 g/mol. The Bertz CT molecular complexity index is 622. The average molecular weight is 369 g/mol. The number of nitrogens with one attached hydrogen (secondary N) is 1. The van der Waals surface area contributed by atoms with Crippen LogP contribution in [0.3, 0.4) is 0 Å². The summed E-state index contributed by atoms with van der Waals surface area (Å²) in [4.78, 5) is 11.9. The Hall–Kier alpha value is -0.860. The van der Waals surface area contributed by atoms with Gasteiger partial charge in [0.25, 0.3) is 0 Å². The van der Waals surface area contributed by atoms with Gasteiger partial charge in [-0.3, -0.25) is 4.79 Å². The Morgan fingerprint density at radius 3 is 2.55 bits per heavy atom. The van der Waals surface area contributed by atoms with Crippen LogP contribution in [0.1, 0.15) is 6.42 Å². The number of carbonyl (C=O) groups excluding carboxylic acids is 1. The van der Waals surface area contributed by atoms with E-state index in [1.165, 1.54) is 17.5 Å². The SMILES string of the molecule is COCCN(CCC(=O)Nc1ccc(Cl)cc1Cl)S(C)(=O)=O. The van der Waals surface area contributed by atoms with E-state index in [0.717, 1.165) is 6.26 Å². The van der Waals surface area contributed by atoms with Crippen molar-refractivity contribution in [1.29, 1.82) is 0 Å². The van der Waals surface area contributed by atoms with Crippen molar-refractivity contribution in [1.82, 2.24) is 4.31 Å². The van der Waals surface area contributed by atoms with Crippen LogP contribution in [-0.4, -0.2) is 51.7 Å². The van der Waals surface area contributed by atoms with Crippen LogP contribution >= 0.6 is 23.2 Å². The van der Waals surface area contributed by atoms with E-state index in [-0.39, 0.29) is 32.0 Å². The van der Waals surface area contributed by atoms with Gasteiger partial charge in [-0.25, -0.2) is 8.42 Å². The third-order valence-corrected chi connectivity index (χ3v) is 4.66. The summed E-state index contributed by atoms with van der Waals surface area (Å²) in [5.41, 5.74) is 0.430. The number of ether oxygens (including phenoxy) is 1. The summed E-state index contributed by atoms with van der Waals surface area (Å²) in [6.45, 7) is 0.529. The largest absolute Gasteiger partial charge is 0.383 e. The molecule has 0 aromatic heterocycles. The Kier molecular flexibility index (Phi) is 7.58. The molecule has 0 heterocycles. The molecule has 6 nitrogen and oxygen atoms in total. The topological polar surface area (TPSA) is 75.7 Å². The van der Waals surface area contributed by atoms with Gasteiger partial charge in [0.15, 0.2) is 0 Å². The number of amides is 1. The van der Waals surface area contributed by atoms with Gasteiger partial charge in [0, 0.05) is 31.6 Å². The minimum atomic E-state index is -3.39. The molecule has 1 N–H and O–H groups in total. The lowest BCUT2D eigenvalue weighted by molar-refractivity contribution is -0.116. The Labute approximate surface area is 140 Å². The predicted octanol–water partition coefficient (Wildman–Crippen LogP) is 2.23. The average Bonchev–Trinajstić information content (AvgIpc) is 2.40. The molecule has 0 spiro atoms. The van der Waals surface area contributed by atoms with Gasteiger partial charge in [-0.1, -0.05) is 23.2 Å². The normalized spacial score (nSPS) is 11.7. The zero-order chi connectivity index (χ0) is 16.8. The standard InChI is InChI=1S/C13H18Cl2N2O4S/c1-21-8-7-17(22(2,19)20)6-5-13(18)16-12-4-3-10(14)9-11(12)15/h3-4,9H,5-8H2,1-2H3,(H,16,18). The number of sulfonamides is 1. The first-order chi connectivity index (χ1) is 10.2. The number of methoxy groups -OCH3 is 1. The van der Waals surface area contributed by atoms with Gasteiger partial charge in [-0.05, 0) is 18.2 Å². The highest BCUT2D eigenvalue weighted by Crippen LogP contribution is 2.25. The fourth-order valence-corrected chi connectivity index (χ4v) is 2.95. The molecule has 9 heteroatoms. The fraction of sp³-hybridized carbons (Fsp3) is 0.462. The molecule has 1 aromatic rings. The molecule has 0 aliphatic heterocycles. The summed E-state index contributed by atoms with van der Waals surface area (Å²) < 4.78 is 29.3. The Balaban J connectivity index is 2.60. The van der Waals surface area contributed by atoms with Crippen LogP contribution in [0.25, 0.3) is 0 Å². The Morgan fingerprint density at radius 2 is 2.00 bits per heavy atom. The van der Waals surface area contributed by atoms with Crippen LogP contribution in [-0.2, 0) is 19.6 Å². The number of anilines is 1. The number of benzene rings is 1. The van der Waals surface area contributed by atoms with Gasteiger partial charge in [-0.15, -0.1) is 0 Å². The molecule has 0 saturated carbocycles. The van der Waals surface area contributed by atoms with Gasteiger partial charge in [0.1, 0.15) is 0 Å². The van der Waals surface area contributed by atoms with E-state index < -0.39 is 10.0 Å². The number of rotatable bonds is 8. The molecule has 0 bridgehead atoms. The molecule has 1 rings (SSSR count). The molecule has 1 amide bonds. The molecule has 0 radical (unpaired) electrons. The predicted molar refractivity (Wildman–Crippen MR) is 88.0 cm³/mol. The van der Waals surface area contributed by atoms with Crippen LogP contribution in [0.5, 0.6) is 0 Å². The number of carbonyl (C=O) groups is 1. The molecular weight excluding hydrogens is 351 g/mol. The molecule has 1 aromatic carbocycles. The highest BCUT2D eigenvalue weighted by molar-refractivity contribution is 7.88. The smallest absolute Gasteiger partial charge is 0.225 e. The van der Waals surface area contributed by atoms with Crippen LogP contribution < -0.4 is 5.32 Å². The summed E-state index contributed by atoms with van der Waals surface area (Å²) in [7, 11) is -1.91. The maximum absolute atomic E-state index is 11.9. The first-order valence-electron chi connectivity index (χ1n) is 6.43. The van der Waals surface area contributed by atoms with E-state index >= 15 is 0 Å². The van der Waals surface area contributed by atoms with E-state index in [1.807, 2.05) is 0 Å². The van der Waals surface area contributed by atoms with Crippen molar-refractivity contribution in [2.75, 3.05) is 38.4 Å². The number of halogens is 2. The zero-order valence-electron chi connectivity index (χ0n) is 12.3. The molecule has 22 heavy (non-hydrogen) atoms. The van der Waals surface area contributed by atoms with E-state index in [4.69, 9.17) is 27.9 Å². The second-order valence-electron chi connectivity index (χ2n) is 4.58. The van der Waals surface area contributed by atoms with E-state index in [9.17, 15) is 13.2 Å². The van der Waals surface area contributed by atoms with Gasteiger partial charge in [0.2, 0.25) is 15.9 Å². The highest BCUT2D eigenvalue weighted by atomic mass is 35.5. The summed E-state index contributed by atoms with van der Waals surface area (Å²) in [5.74, 6) is -0.338. The quantitative estimate of drug-likeness (QED) is 0.763. The third kappa shape index (κ3) is 6.50. The summed E-state index contributed by atoms with van der Waals surface area (Å²) in [6.07, 6.45) is 1.10. The molecule has 124 valence electrons. The van der Waals surface area contributed by atoms with Crippen molar-refractivity contribution >= 4 is 44.8 Å². The lowest BCUT2D eigenvalue weighted by Crippen LogP contribution is -2.35. The molecule has 0 saturated heterocycles. The van der Waals surface area contributed by atoms with Gasteiger partial charge >= 0.3 is 0 Å². The number of hydrogen-bond acceptors (Lipinski definition) is 4. The molecular formula is C13H18Cl2N2O4S. The van der Waals surface area contributed by atoms with Gasteiger partial charge < -0.3 is 10.1 Å². The van der Waals surface area contributed by atoms with E-state index in [0.29, 0.717) is 15.7 Å². The molecule has 0 unspecified atom stereocenters. The van der Waals surface area contributed by atoms with Crippen LogP contribution in [0, 0.1) is 0 Å². The van der Waals surface area contributed by atoms with Gasteiger partial charge in [0.05, 0.1) is 23.6 Å². The van der Waals surface area contributed by atoms with Crippen molar-refractivity contribution in [3.05, 3.63) is 28.2 Å². The van der Waals surface area contributed by atoms with Crippen LogP contribution in [0.2, 0.25) is 10.0 Å². The lowest BCUT2D eigenvalue weighted by Gasteiger charge is -2.19.